The first-order valence-electron chi connectivity index (χ1n) is 7.31. The van der Waals surface area contributed by atoms with Gasteiger partial charge < -0.3 is 9.66 Å². The van der Waals surface area contributed by atoms with Crippen molar-refractivity contribution in [1.29, 1.82) is 5.26 Å². The second-order valence-corrected chi connectivity index (χ2v) is 8.87. The topological polar surface area (TPSA) is 101 Å². The van der Waals surface area contributed by atoms with Crippen LogP contribution in [0, 0.1) is 11.3 Å². The molecule has 5 nitrogen and oxygen atoms in total. The number of phenolic OH excluding ortho intramolecular Hbond substituents is 1. The van der Waals surface area contributed by atoms with Gasteiger partial charge in [0.15, 0.2) is 15.0 Å². The number of benzene rings is 2. The SMILES string of the molecule is CC[S+](CC)c1ccc(C#N)c2ccc(O)cc12.O=S(=O)([O-])C(F)(F)F. The van der Waals surface area contributed by atoms with E-state index < -0.39 is 15.6 Å². The molecule has 0 aliphatic heterocycles. The molecule has 10 heteroatoms. The molecular formula is C16H16F3NO4S2. The first-order valence-corrected chi connectivity index (χ1v) is 10.3. The predicted molar refractivity (Wildman–Crippen MR) is 92.8 cm³/mol. The molecule has 142 valence electrons. The van der Waals surface area contributed by atoms with E-state index in [4.69, 9.17) is 18.2 Å². The maximum absolute atomic E-state index is 10.7. The Morgan fingerprint density at radius 1 is 1.15 bits per heavy atom. The van der Waals surface area contributed by atoms with Gasteiger partial charge >= 0.3 is 5.51 Å². The Morgan fingerprint density at radius 3 is 2.12 bits per heavy atom. The molecule has 0 saturated carbocycles. The molecule has 0 aromatic heterocycles. The quantitative estimate of drug-likeness (QED) is 0.477. The van der Waals surface area contributed by atoms with E-state index in [-0.39, 0.29) is 16.6 Å². The third-order valence-electron chi connectivity index (χ3n) is 3.37. The second-order valence-electron chi connectivity index (χ2n) is 4.92. The van der Waals surface area contributed by atoms with Gasteiger partial charge in [-0.3, -0.25) is 0 Å². The summed E-state index contributed by atoms with van der Waals surface area (Å²) in [4.78, 5) is 1.25. The molecule has 26 heavy (non-hydrogen) atoms. The van der Waals surface area contributed by atoms with E-state index in [9.17, 15) is 18.3 Å². The molecule has 0 heterocycles. The summed E-state index contributed by atoms with van der Waals surface area (Å²) in [5, 5.41) is 20.8. The summed E-state index contributed by atoms with van der Waals surface area (Å²) in [6, 6.07) is 11.4. The molecule has 1 N–H and O–H groups in total. The fourth-order valence-electron chi connectivity index (χ4n) is 2.17. The summed E-state index contributed by atoms with van der Waals surface area (Å²) in [7, 11) is -5.91. The van der Waals surface area contributed by atoms with Gasteiger partial charge in [-0.05, 0) is 44.2 Å². The molecule has 2 aromatic rings. The number of hydrogen-bond acceptors (Lipinski definition) is 5. The zero-order valence-electron chi connectivity index (χ0n) is 13.9. The number of rotatable bonds is 3. The smallest absolute Gasteiger partial charge is 0.485 e. The molecule has 0 saturated heterocycles. The van der Waals surface area contributed by atoms with Crippen LogP contribution in [0.25, 0.3) is 10.8 Å². The minimum absolute atomic E-state index is 0.185. The van der Waals surface area contributed by atoms with Crippen LogP contribution >= 0.6 is 0 Å². The first kappa shape index (κ1) is 22.1. The van der Waals surface area contributed by atoms with Crippen molar-refractivity contribution in [3.05, 3.63) is 35.9 Å². The molecule has 0 amide bonds. The Labute approximate surface area is 152 Å². The third-order valence-corrected chi connectivity index (χ3v) is 6.31. The first-order chi connectivity index (χ1) is 12.0. The van der Waals surface area contributed by atoms with Crippen LogP contribution in [0.5, 0.6) is 5.75 Å². The van der Waals surface area contributed by atoms with Crippen LogP contribution in [0.4, 0.5) is 13.2 Å². The molecule has 0 atom stereocenters. The zero-order chi connectivity index (χ0) is 20.1. The van der Waals surface area contributed by atoms with Crippen LogP contribution < -0.4 is 0 Å². The number of alkyl halides is 3. The van der Waals surface area contributed by atoms with E-state index in [2.05, 4.69) is 19.9 Å². The molecule has 0 aliphatic carbocycles. The van der Waals surface area contributed by atoms with E-state index in [1.807, 2.05) is 18.2 Å². The number of fused-ring (bicyclic) bond motifs is 1. The van der Waals surface area contributed by atoms with Gasteiger partial charge in [-0.15, -0.1) is 0 Å². The summed E-state index contributed by atoms with van der Waals surface area (Å²) >= 11 is 0. The van der Waals surface area contributed by atoms with Crippen LogP contribution in [0.15, 0.2) is 35.2 Å². The van der Waals surface area contributed by atoms with Gasteiger partial charge in [0.25, 0.3) is 0 Å². The summed E-state index contributed by atoms with van der Waals surface area (Å²) in [6.45, 7) is 4.36. The van der Waals surface area contributed by atoms with Crippen molar-refractivity contribution in [2.75, 3.05) is 11.5 Å². The number of nitriles is 1. The minimum atomic E-state index is -6.09. The molecule has 0 fully saturated rings. The van der Waals surface area contributed by atoms with Crippen LogP contribution in [-0.2, 0) is 21.0 Å². The lowest BCUT2D eigenvalue weighted by molar-refractivity contribution is -0.0517. The van der Waals surface area contributed by atoms with Gasteiger partial charge in [0, 0.05) is 21.7 Å². The summed E-state index contributed by atoms with van der Waals surface area (Å²) in [6.07, 6.45) is 0. The van der Waals surface area contributed by atoms with E-state index in [1.165, 1.54) is 4.90 Å². The highest BCUT2D eigenvalue weighted by Gasteiger charge is 2.36. The number of phenols is 1. The van der Waals surface area contributed by atoms with E-state index in [0.29, 0.717) is 5.56 Å². The Balaban J connectivity index is 0.000000359. The molecule has 0 bridgehead atoms. The molecular weight excluding hydrogens is 391 g/mol. The predicted octanol–water partition coefficient (Wildman–Crippen LogP) is 3.49. The van der Waals surface area contributed by atoms with Crippen molar-refractivity contribution in [3.8, 4) is 11.8 Å². The largest absolute Gasteiger partial charge is 0.741 e. The molecule has 0 spiro atoms. The molecule has 0 unspecified atom stereocenters. The lowest BCUT2D eigenvalue weighted by Crippen LogP contribution is -2.21. The Bertz CT molecular complexity index is 917. The molecule has 2 aromatic carbocycles. The zero-order valence-corrected chi connectivity index (χ0v) is 15.5. The van der Waals surface area contributed by atoms with Crippen LogP contribution in [0.1, 0.15) is 19.4 Å². The van der Waals surface area contributed by atoms with Crippen molar-refractivity contribution in [2.24, 2.45) is 0 Å². The van der Waals surface area contributed by atoms with Crippen molar-refractivity contribution in [2.45, 2.75) is 24.3 Å². The second kappa shape index (κ2) is 8.62. The lowest BCUT2D eigenvalue weighted by atomic mass is 10.1. The summed E-state index contributed by atoms with van der Waals surface area (Å²) in [5.41, 5.74) is -4.97. The van der Waals surface area contributed by atoms with Crippen molar-refractivity contribution in [3.63, 3.8) is 0 Å². The Morgan fingerprint density at radius 2 is 1.69 bits per heavy atom. The van der Waals surface area contributed by atoms with Crippen molar-refractivity contribution in [1.82, 2.24) is 0 Å². The highest BCUT2D eigenvalue weighted by Crippen LogP contribution is 2.30. The maximum atomic E-state index is 10.7. The van der Waals surface area contributed by atoms with E-state index in [0.717, 1.165) is 22.3 Å². The van der Waals surface area contributed by atoms with E-state index >= 15 is 0 Å². The molecule has 0 radical (unpaired) electrons. The summed E-state index contributed by atoms with van der Waals surface area (Å²) in [5.74, 6) is 2.44. The van der Waals surface area contributed by atoms with Crippen LogP contribution in [-0.4, -0.2) is 35.1 Å². The van der Waals surface area contributed by atoms with Crippen LogP contribution in [0.2, 0.25) is 0 Å². The van der Waals surface area contributed by atoms with Crippen molar-refractivity contribution < 1.29 is 31.2 Å². The van der Waals surface area contributed by atoms with Gasteiger partial charge in [0.05, 0.1) is 11.6 Å². The highest BCUT2D eigenvalue weighted by atomic mass is 32.2. The standard InChI is InChI=1S/C15H15NOS.CHF3O3S/c1-3-18(4-2)15-8-5-11(10-16)13-7-6-12(17)9-14(13)15;2-1(3,4)8(5,6)7/h5-9H,3-4H2,1-2H3;(H,5,6,7). The Kier molecular flexibility index (Phi) is 7.32. The Hall–Kier alpha value is -1.96. The third kappa shape index (κ3) is 5.27. The normalized spacial score (nSPS) is 11.8. The monoisotopic (exact) mass is 407 g/mol. The fourth-order valence-corrected chi connectivity index (χ4v) is 3.94. The lowest BCUT2D eigenvalue weighted by Gasteiger charge is -2.08. The summed E-state index contributed by atoms with van der Waals surface area (Å²) < 4.78 is 58.9. The van der Waals surface area contributed by atoms with Gasteiger partial charge in [-0.1, -0.05) is 0 Å². The van der Waals surface area contributed by atoms with E-state index in [1.54, 1.807) is 12.1 Å². The van der Waals surface area contributed by atoms with Crippen LogP contribution in [0.3, 0.4) is 0 Å². The number of hydrogen-bond donors (Lipinski definition) is 1. The van der Waals surface area contributed by atoms with Gasteiger partial charge in [0.2, 0.25) is 0 Å². The average Bonchev–Trinajstić information content (AvgIpc) is 2.54. The minimum Gasteiger partial charge on any atom is -0.741 e. The van der Waals surface area contributed by atoms with Gasteiger partial charge in [0.1, 0.15) is 17.3 Å². The number of nitrogens with zero attached hydrogens (tertiary/aromatic N) is 1. The fraction of sp³-hybridized carbons (Fsp3) is 0.312. The van der Waals surface area contributed by atoms with Gasteiger partial charge in [-0.2, -0.15) is 18.4 Å². The average molecular weight is 407 g/mol. The number of aromatic hydroxyl groups is 1. The van der Waals surface area contributed by atoms with Crippen molar-refractivity contribution >= 4 is 31.8 Å². The maximum Gasteiger partial charge on any atom is 0.485 e. The van der Waals surface area contributed by atoms with Gasteiger partial charge in [-0.25, -0.2) is 8.42 Å². The number of halogens is 3. The molecule has 0 aliphatic rings. The molecule has 2 rings (SSSR count). The highest BCUT2D eigenvalue weighted by molar-refractivity contribution is 7.97.